The smallest absolute Gasteiger partial charge is 0.303 e. The van der Waals surface area contributed by atoms with Crippen molar-refractivity contribution in [3.63, 3.8) is 0 Å². The fourth-order valence-electron chi connectivity index (χ4n) is 4.85. The van der Waals surface area contributed by atoms with E-state index in [4.69, 9.17) is 9.84 Å². The van der Waals surface area contributed by atoms with Crippen LogP contribution in [0.3, 0.4) is 0 Å². The van der Waals surface area contributed by atoms with Crippen LogP contribution >= 0.6 is 0 Å². The molecule has 3 aromatic rings. The first-order valence-corrected chi connectivity index (χ1v) is 11.9. The summed E-state index contributed by atoms with van der Waals surface area (Å²) in [7, 11) is -3.69. The lowest BCUT2D eigenvalue weighted by atomic mass is 9.92. The highest BCUT2D eigenvalue weighted by molar-refractivity contribution is 7.89. The average molecular weight is 438 g/mol. The number of aryl methyl sites for hydroxylation is 1. The predicted molar refractivity (Wildman–Crippen MR) is 117 cm³/mol. The second-order valence-electron chi connectivity index (χ2n) is 8.23. The lowest BCUT2D eigenvalue weighted by molar-refractivity contribution is -0.136. The van der Waals surface area contributed by atoms with Gasteiger partial charge in [0.2, 0.25) is 10.0 Å². The monoisotopic (exact) mass is 437 g/mol. The number of carboxylic acids is 1. The van der Waals surface area contributed by atoms with Crippen LogP contribution in [-0.4, -0.2) is 31.6 Å². The number of hydrogen-bond donors (Lipinski definition) is 2. The molecule has 6 nitrogen and oxygen atoms in total. The molecular formula is C24H23NO5S. The van der Waals surface area contributed by atoms with Crippen LogP contribution in [0, 0.1) is 0 Å². The second-order valence-corrected chi connectivity index (χ2v) is 9.94. The van der Waals surface area contributed by atoms with Gasteiger partial charge in [-0.2, -0.15) is 0 Å². The molecule has 5 rings (SSSR count). The summed E-state index contributed by atoms with van der Waals surface area (Å²) < 4.78 is 35.4. The fraction of sp³-hybridized carbons (Fsp3) is 0.292. The molecule has 1 aliphatic carbocycles. The molecule has 2 aliphatic rings. The minimum Gasteiger partial charge on any atom is -0.489 e. The predicted octanol–water partition coefficient (Wildman–Crippen LogP) is 3.84. The largest absolute Gasteiger partial charge is 0.489 e. The van der Waals surface area contributed by atoms with Gasteiger partial charge in [0, 0.05) is 23.9 Å². The number of fused-ring (bicyclic) bond motifs is 4. The molecule has 0 spiro atoms. The molecule has 0 saturated heterocycles. The lowest BCUT2D eigenvalue weighted by Gasteiger charge is -2.20. The number of rotatable bonds is 6. The Morgan fingerprint density at radius 2 is 1.84 bits per heavy atom. The Labute approximate surface area is 180 Å². The van der Waals surface area contributed by atoms with Gasteiger partial charge in [-0.3, -0.25) is 4.79 Å². The van der Waals surface area contributed by atoms with E-state index < -0.39 is 16.0 Å². The maximum atomic E-state index is 13.2. The summed E-state index contributed by atoms with van der Waals surface area (Å²) in [4.78, 5) is 11.2. The van der Waals surface area contributed by atoms with Crippen LogP contribution in [0.4, 0.5) is 0 Å². The Kier molecular flexibility index (Phi) is 4.95. The van der Waals surface area contributed by atoms with E-state index in [1.165, 1.54) is 0 Å². The van der Waals surface area contributed by atoms with E-state index in [0.29, 0.717) is 12.8 Å². The zero-order valence-corrected chi connectivity index (χ0v) is 17.6. The van der Waals surface area contributed by atoms with Gasteiger partial charge in [-0.05, 0) is 47.7 Å². The van der Waals surface area contributed by atoms with Crippen molar-refractivity contribution in [3.05, 3.63) is 71.8 Å². The third-order valence-corrected chi connectivity index (χ3v) is 7.79. The molecular weight excluding hydrogens is 414 g/mol. The number of carbonyl (C=O) groups is 1. The number of sulfonamides is 1. The van der Waals surface area contributed by atoms with Crippen molar-refractivity contribution in [3.8, 4) is 5.75 Å². The van der Waals surface area contributed by atoms with Crippen LogP contribution in [0.25, 0.3) is 10.8 Å². The highest BCUT2D eigenvalue weighted by Crippen LogP contribution is 2.49. The van der Waals surface area contributed by atoms with Gasteiger partial charge in [0.25, 0.3) is 0 Å². The van der Waals surface area contributed by atoms with E-state index in [-0.39, 0.29) is 29.4 Å². The lowest BCUT2D eigenvalue weighted by Crippen LogP contribution is -2.37. The first kappa shape index (κ1) is 20.0. The van der Waals surface area contributed by atoms with E-state index in [2.05, 4.69) is 4.72 Å². The zero-order chi connectivity index (χ0) is 21.6. The molecule has 160 valence electrons. The standard InChI is InChI=1S/C24H23NO5S/c26-22(27)13-9-16-6-3-7-19-23-20(11-12-21(23)30-24(16)19)25-31(28,29)18-10-8-15-4-1-2-5-17(15)14-18/h1-8,10,14,20-21,23,25H,9,11-13H2,(H,26,27). The van der Waals surface area contributed by atoms with Crippen molar-refractivity contribution in [2.24, 2.45) is 0 Å². The van der Waals surface area contributed by atoms with Crippen molar-refractivity contribution in [2.75, 3.05) is 0 Å². The molecule has 3 aromatic carbocycles. The zero-order valence-electron chi connectivity index (χ0n) is 16.8. The van der Waals surface area contributed by atoms with Gasteiger partial charge >= 0.3 is 5.97 Å². The van der Waals surface area contributed by atoms with Crippen molar-refractivity contribution in [1.29, 1.82) is 0 Å². The summed E-state index contributed by atoms with van der Waals surface area (Å²) >= 11 is 0. The van der Waals surface area contributed by atoms with E-state index >= 15 is 0 Å². The molecule has 0 bridgehead atoms. The molecule has 1 saturated carbocycles. The Bertz CT molecular complexity index is 1270. The van der Waals surface area contributed by atoms with E-state index in [9.17, 15) is 13.2 Å². The number of nitrogens with one attached hydrogen (secondary N) is 1. The van der Waals surface area contributed by atoms with Crippen LogP contribution in [0.2, 0.25) is 0 Å². The first-order valence-electron chi connectivity index (χ1n) is 10.4. The van der Waals surface area contributed by atoms with E-state index in [1.54, 1.807) is 12.1 Å². The first-order chi connectivity index (χ1) is 14.9. The number of para-hydroxylation sites is 1. The number of benzene rings is 3. The summed E-state index contributed by atoms with van der Waals surface area (Å²) in [5, 5.41) is 10.9. The Morgan fingerprint density at radius 3 is 2.65 bits per heavy atom. The van der Waals surface area contributed by atoms with Gasteiger partial charge in [0.05, 0.1) is 4.90 Å². The molecule has 0 amide bonds. The topological polar surface area (TPSA) is 92.7 Å². The summed E-state index contributed by atoms with van der Waals surface area (Å²) in [6.07, 6.45) is 1.78. The molecule has 1 fully saturated rings. The van der Waals surface area contributed by atoms with Crippen molar-refractivity contribution < 1.29 is 23.1 Å². The minimum atomic E-state index is -3.69. The molecule has 3 atom stereocenters. The van der Waals surface area contributed by atoms with Crippen LogP contribution in [0.5, 0.6) is 5.75 Å². The molecule has 3 unspecified atom stereocenters. The number of aliphatic carboxylic acids is 1. The molecule has 1 aliphatic heterocycles. The number of hydrogen-bond acceptors (Lipinski definition) is 4. The van der Waals surface area contributed by atoms with Crippen LogP contribution in [-0.2, 0) is 21.2 Å². The van der Waals surface area contributed by atoms with Crippen LogP contribution < -0.4 is 9.46 Å². The summed E-state index contributed by atoms with van der Waals surface area (Å²) in [5.74, 6) is -0.194. The van der Waals surface area contributed by atoms with Gasteiger partial charge < -0.3 is 9.84 Å². The fourth-order valence-corrected chi connectivity index (χ4v) is 6.17. The van der Waals surface area contributed by atoms with Crippen molar-refractivity contribution >= 4 is 26.8 Å². The number of carboxylic acid groups (broad SMARTS) is 1. The molecule has 2 N–H and O–H groups in total. The molecule has 1 heterocycles. The SMILES string of the molecule is O=C(O)CCc1cccc2c1OC1CCC(NS(=O)(=O)c3ccc4ccccc4c3)C21. The Hall–Kier alpha value is -2.90. The summed E-state index contributed by atoms with van der Waals surface area (Å²) in [6.45, 7) is 0. The minimum absolute atomic E-state index is 0.0349. The average Bonchev–Trinajstić information content (AvgIpc) is 3.32. The van der Waals surface area contributed by atoms with Gasteiger partial charge in [-0.1, -0.05) is 48.5 Å². The van der Waals surface area contributed by atoms with Gasteiger partial charge in [-0.15, -0.1) is 0 Å². The quantitative estimate of drug-likeness (QED) is 0.611. The highest BCUT2D eigenvalue weighted by atomic mass is 32.2. The van der Waals surface area contributed by atoms with Crippen molar-refractivity contribution in [2.45, 2.75) is 48.6 Å². The highest BCUT2D eigenvalue weighted by Gasteiger charge is 2.46. The third-order valence-electron chi connectivity index (χ3n) is 6.30. The molecule has 7 heteroatoms. The van der Waals surface area contributed by atoms with Gasteiger partial charge in [0.1, 0.15) is 11.9 Å². The Morgan fingerprint density at radius 1 is 1.03 bits per heavy atom. The Balaban J connectivity index is 1.41. The van der Waals surface area contributed by atoms with Gasteiger partial charge in [0.15, 0.2) is 0 Å². The van der Waals surface area contributed by atoms with Crippen molar-refractivity contribution in [1.82, 2.24) is 4.72 Å². The normalized spacial score (nSPS) is 22.1. The maximum absolute atomic E-state index is 13.2. The van der Waals surface area contributed by atoms with Gasteiger partial charge in [-0.25, -0.2) is 13.1 Å². The van der Waals surface area contributed by atoms with E-state index in [1.807, 2.05) is 48.5 Å². The second kappa shape index (κ2) is 7.66. The molecule has 0 aromatic heterocycles. The summed E-state index contributed by atoms with van der Waals surface area (Å²) in [6, 6.07) is 18.3. The molecule has 31 heavy (non-hydrogen) atoms. The van der Waals surface area contributed by atoms with E-state index in [0.717, 1.165) is 34.1 Å². The maximum Gasteiger partial charge on any atom is 0.303 e. The van der Waals surface area contributed by atoms with Crippen LogP contribution in [0.15, 0.2) is 65.6 Å². The van der Waals surface area contributed by atoms with Crippen LogP contribution in [0.1, 0.15) is 36.3 Å². The summed E-state index contributed by atoms with van der Waals surface area (Å²) in [5.41, 5.74) is 1.84. The third kappa shape index (κ3) is 3.68. The number of ether oxygens (including phenoxy) is 1. The molecule has 0 radical (unpaired) electrons.